The van der Waals surface area contributed by atoms with Crippen molar-refractivity contribution in [2.45, 2.75) is 0 Å². The van der Waals surface area contributed by atoms with E-state index in [1.54, 1.807) is 18.2 Å². The van der Waals surface area contributed by atoms with E-state index in [-0.39, 0.29) is 5.82 Å². The molecule has 0 amide bonds. The summed E-state index contributed by atoms with van der Waals surface area (Å²) in [6, 6.07) is 20.7. The van der Waals surface area contributed by atoms with Crippen LogP contribution in [0.1, 0.15) is 11.4 Å². The van der Waals surface area contributed by atoms with Crippen LogP contribution in [0.5, 0.6) is 5.75 Å². The van der Waals surface area contributed by atoms with Crippen molar-refractivity contribution in [2.75, 3.05) is 7.11 Å². The predicted octanol–water partition coefficient (Wildman–Crippen LogP) is 4.74. The molecule has 27 heavy (non-hydrogen) atoms. The van der Waals surface area contributed by atoms with Gasteiger partial charge >= 0.3 is 107 Å². The molecule has 4 aromatic rings. The fourth-order valence-corrected chi connectivity index (χ4v) is 2.82. The van der Waals surface area contributed by atoms with Gasteiger partial charge in [-0.25, -0.2) is 0 Å². The first kappa shape index (κ1) is 18.9. The molecule has 0 atom stereocenters. The minimum absolute atomic E-state index is 0.284. The molecule has 0 saturated carbocycles. The molecule has 0 radical (unpaired) electrons. The Balaban J connectivity index is 0.000000177. The summed E-state index contributed by atoms with van der Waals surface area (Å²) in [5, 5.41) is 0. The first-order chi connectivity index (χ1) is 13.1. The maximum Gasteiger partial charge on any atom is 0.0853 e. The molecule has 5 heteroatoms. The molecule has 3 aromatic carbocycles. The molecule has 1 N–H and O–H groups in total. The van der Waals surface area contributed by atoms with E-state index in [1.807, 2.05) is 42.5 Å². The van der Waals surface area contributed by atoms with Crippen LogP contribution in [0, 0.1) is 18.8 Å². The van der Waals surface area contributed by atoms with E-state index in [4.69, 9.17) is 4.74 Å². The van der Waals surface area contributed by atoms with Crippen LogP contribution in [-0.2, 0) is 15.0 Å². The van der Waals surface area contributed by atoms with Crippen LogP contribution >= 0.6 is 0 Å². The van der Waals surface area contributed by atoms with Gasteiger partial charge in [-0.3, -0.25) is 4.98 Å². The average molecular weight is 403 g/mol. The van der Waals surface area contributed by atoms with Gasteiger partial charge < -0.3 is 11.9 Å². The maximum atomic E-state index is 13.2. The van der Waals surface area contributed by atoms with Gasteiger partial charge in [-0.15, -0.1) is 0 Å². The van der Waals surface area contributed by atoms with Gasteiger partial charge in [0.2, 0.25) is 0 Å². The number of fused-ring (bicyclic) bond motifs is 1. The minimum atomic E-state index is -0.284. The van der Waals surface area contributed by atoms with Crippen LogP contribution < -0.4 is 4.74 Å². The Labute approximate surface area is 165 Å². The number of para-hydroxylation sites is 2. The van der Waals surface area contributed by atoms with Gasteiger partial charge in [0.05, 0.1) is 11.0 Å². The zero-order chi connectivity index (χ0) is 19.2. The van der Waals surface area contributed by atoms with E-state index in [0.29, 0.717) is 5.56 Å². The van der Waals surface area contributed by atoms with Crippen molar-refractivity contribution in [1.29, 1.82) is 0 Å². The normalized spacial score (nSPS) is 10.2. The number of rotatable bonds is 3. The van der Waals surface area contributed by atoms with E-state index in [9.17, 15) is 4.39 Å². The van der Waals surface area contributed by atoms with Crippen molar-refractivity contribution in [3.8, 4) is 16.9 Å². The van der Waals surface area contributed by atoms with Crippen LogP contribution in [0.25, 0.3) is 22.2 Å². The number of imidazole rings is 1. The monoisotopic (exact) mass is 402 g/mol. The number of hydrogen-bond acceptors (Lipinski definition) is 2. The Hall–Kier alpha value is -2.91. The first-order valence-electron chi connectivity index (χ1n) is 8.13. The number of aromatic nitrogens is 2. The largest absolute Gasteiger partial charge is 0.368 e. The van der Waals surface area contributed by atoms with Crippen LogP contribution in [0.4, 0.5) is 4.39 Å². The van der Waals surface area contributed by atoms with Crippen molar-refractivity contribution in [2.24, 2.45) is 0 Å². The van der Waals surface area contributed by atoms with Gasteiger partial charge in [-0.2, -0.15) is 0 Å². The molecule has 0 bridgehead atoms. The molecule has 0 unspecified atom stereocenters. The molecule has 140 valence electrons. The predicted molar refractivity (Wildman–Crippen MR) is 103 cm³/mol. The van der Waals surface area contributed by atoms with Gasteiger partial charge in [0.15, 0.2) is 0 Å². The van der Waals surface area contributed by atoms with Gasteiger partial charge in [-0.1, -0.05) is 12.1 Å². The fraction of sp³-hybridized carbons (Fsp3) is 0.0455. The number of H-pyrrole nitrogens is 1. The average Bonchev–Trinajstić information content (AvgIpc) is 3.08. The van der Waals surface area contributed by atoms with Crippen LogP contribution in [-0.4, -0.2) is 22.1 Å². The zero-order valence-corrected chi connectivity index (χ0v) is 15.6. The fourth-order valence-electron chi connectivity index (χ4n) is 2.59. The zero-order valence-electron chi connectivity index (χ0n) is 14.6. The van der Waals surface area contributed by atoms with Crippen molar-refractivity contribution < 1.29 is 24.2 Å². The molecule has 3 nitrogen and oxygen atoms in total. The van der Waals surface area contributed by atoms with Gasteiger partial charge in [-0.05, 0) is 18.0 Å². The summed E-state index contributed by atoms with van der Waals surface area (Å²) in [5.41, 5.74) is 4.42. The number of nitrogens with zero attached hydrogens (tertiary/aromatic N) is 1. The second-order valence-electron chi connectivity index (χ2n) is 5.67. The van der Waals surface area contributed by atoms with Crippen molar-refractivity contribution in [3.63, 3.8) is 0 Å². The van der Waals surface area contributed by atoms with Crippen molar-refractivity contribution in [1.82, 2.24) is 9.97 Å². The second-order valence-corrected chi connectivity index (χ2v) is 5.95. The number of hydrogen-bond donors (Lipinski definition) is 1. The summed E-state index contributed by atoms with van der Waals surface area (Å²) in [6.07, 6.45) is 0. The number of methoxy groups -OCH3 is 1. The Bertz CT molecular complexity index is 1040. The van der Waals surface area contributed by atoms with E-state index in [0.717, 1.165) is 33.7 Å². The Morgan fingerprint density at radius 2 is 2.00 bits per heavy atom. The summed E-state index contributed by atoms with van der Waals surface area (Å²) in [5.74, 6) is 1.17. The smallest absolute Gasteiger partial charge is 0.0853 e. The Morgan fingerprint density at radius 3 is 2.70 bits per heavy atom. The van der Waals surface area contributed by atoms with Crippen LogP contribution in [0.2, 0.25) is 0 Å². The summed E-state index contributed by atoms with van der Waals surface area (Å²) < 4.78 is 18.3. The molecule has 0 saturated heterocycles. The van der Waals surface area contributed by atoms with E-state index < -0.39 is 0 Å². The number of aromatic amines is 1. The van der Waals surface area contributed by atoms with Gasteiger partial charge in [0.25, 0.3) is 0 Å². The van der Waals surface area contributed by atoms with E-state index in [2.05, 4.69) is 38.0 Å². The molecule has 0 fully saturated rings. The molecule has 0 aliphatic carbocycles. The van der Waals surface area contributed by atoms with Gasteiger partial charge in [0, 0.05) is 0 Å². The van der Waals surface area contributed by atoms with E-state index in [1.165, 1.54) is 12.1 Å². The molecule has 0 aliphatic heterocycles. The first-order valence-corrected chi connectivity index (χ1v) is 8.70. The number of benzene rings is 3. The summed E-state index contributed by atoms with van der Waals surface area (Å²) >= 11 is 4.66. The number of halogens is 1. The van der Waals surface area contributed by atoms with Gasteiger partial charge in [0.1, 0.15) is 0 Å². The number of nitrogens with one attached hydrogen (secondary N) is 1. The summed E-state index contributed by atoms with van der Waals surface area (Å²) in [6.45, 7) is 3.69. The molecule has 0 aliphatic rings. The van der Waals surface area contributed by atoms with Crippen LogP contribution in [0.3, 0.4) is 0 Å². The molecular formula is C22H17FN2NiO-2. The minimum Gasteiger partial charge on any atom is -0.368 e. The molecule has 4 rings (SSSR count). The molecular weight excluding hydrogens is 386 g/mol. The summed E-state index contributed by atoms with van der Waals surface area (Å²) in [7, 11) is 1.60. The third-order valence-corrected chi connectivity index (χ3v) is 4.16. The SMILES string of the molecule is COc1ccc(-c2[c-]ccc(F)c2)c([CH]=[Ni])c1.[CH2-]c1nc2ccccc2[nH]1. The topological polar surface area (TPSA) is 37.9 Å². The molecule has 1 heterocycles. The molecule has 0 spiro atoms. The number of ether oxygens (including phenoxy) is 1. The Kier molecular flexibility index (Phi) is 6.05. The van der Waals surface area contributed by atoms with E-state index >= 15 is 0 Å². The summed E-state index contributed by atoms with van der Waals surface area (Å²) in [4.78, 5) is 8.78. The van der Waals surface area contributed by atoms with Crippen molar-refractivity contribution >= 4 is 16.0 Å². The Morgan fingerprint density at radius 1 is 1.19 bits per heavy atom. The molecule has 1 aromatic heterocycles. The third kappa shape index (κ3) is 4.63. The van der Waals surface area contributed by atoms with Crippen molar-refractivity contribution in [3.05, 3.63) is 90.9 Å². The quantitative estimate of drug-likeness (QED) is 0.396. The maximum absolute atomic E-state index is 13.2. The second kappa shape index (κ2) is 8.65. The standard InChI is InChI=1S/C14H10FO.C8H7N2.Ni/c1-10-8-13(16-2)6-7-14(10)11-4-3-5-12(15)9-11;1-6-9-7-4-2-3-5-8(7)10-6;/h1,3,5-9H,2H3;2-5H,1H2,(H,9,10);/q2*-1;. The third-order valence-electron chi connectivity index (χ3n) is 3.85. The van der Waals surface area contributed by atoms with Crippen LogP contribution in [0.15, 0.2) is 60.7 Å².